The first-order valence-electron chi connectivity index (χ1n) is 9.08. The van der Waals surface area contributed by atoms with Crippen molar-refractivity contribution >= 4 is 17.9 Å². The number of amides is 1. The molecule has 0 spiro atoms. The normalized spacial score (nSPS) is 14.6. The molecule has 7 nitrogen and oxygen atoms in total. The summed E-state index contributed by atoms with van der Waals surface area (Å²) in [6, 6.07) is 8.12. The fourth-order valence-electron chi connectivity index (χ4n) is 2.96. The summed E-state index contributed by atoms with van der Waals surface area (Å²) < 4.78 is 5.37. The van der Waals surface area contributed by atoms with E-state index in [9.17, 15) is 4.79 Å². The van der Waals surface area contributed by atoms with Crippen molar-refractivity contribution in [2.24, 2.45) is 0 Å². The maximum Gasteiger partial charge on any atom is 0.410 e. The van der Waals surface area contributed by atoms with Gasteiger partial charge in [-0.05, 0) is 45.7 Å². The maximum absolute atomic E-state index is 12.0. The molecule has 0 unspecified atom stereocenters. The Morgan fingerprint density at radius 3 is 2.63 bits per heavy atom. The highest BCUT2D eigenvalue weighted by molar-refractivity contribution is 5.70. The Bertz CT molecular complexity index is 854. The molecule has 1 aliphatic heterocycles. The minimum absolute atomic E-state index is 0.110. The van der Waals surface area contributed by atoms with Crippen molar-refractivity contribution in [3.05, 3.63) is 35.4 Å². The second-order valence-electron chi connectivity index (χ2n) is 7.97. The first-order valence-corrected chi connectivity index (χ1v) is 9.08. The van der Waals surface area contributed by atoms with E-state index in [0.717, 1.165) is 11.3 Å². The number of nitrogens with two attached hydrogens (primary N) is 1. The van der Waals surface area contributed by atoms with E-state index in [4.69, 9.17) is 10.5 Å². The van der Waals surface area contributed by atoms with Crippen LogP contribution in [0.2, 0.25) is 0 Å². The summed E-state index contributed by atoms with van der Waals surface area (Å²) in [5, 5.41) is 3.33. The second-order valence-corrected chi connectivity index (χ2v) is 7.97. The summed E-state index contributed by atoms with van der Waals surface area (Å²) in [4.78, 5) is 22.4. The standard InChI is InChI=1S/C20H27N5O2/c1-12-7-6-8-15(13(12)2)16-9-17(24-18(21)23-16)22-14-10-25(11-14)19(26)27-20(3,4)5/h6-9,14H,10-11H2,1-5H3,(H3,21,22,23,24). The van der Waals surface area contributed by atoms with E-state index < -0.39 is 5.60 Å². The van der Waals surface area contributed by atoms with Crippen molar-refractivity contribution in [2.45, 2.75) is 46.3 Å². The van der Waals surface area contributed by atoms with E-state index >= 15 is 0 Å². The first kappa shape index (κ1) is 18.9. The molecular formula is C20H27N5O2. The predicted octanol–water partition coefficient (Wildman–Crippen LogP) is 3.37. The van der Waals surface area contributed by atoms with Crippen molar-refractivity contribution in [1.82, 2.24) is 14.9 Å². The summed E-state index contributed by atoms with van der Waals surface area (Å²) in [6.07, 6.45) is -0.293. The first-order chi connectivity index (χ1) is 12.6. The lowest BCUT2D eigenvalue weighted by atomic mass is 10.0. The SMILES string of the molecule is Cc1cccc(-c2cc(NC3CN(C(=O)OC(C)(C)C)C3)nc(N)n2)c1C. The van der Waals surface area contributed by atoms with Crippen LogP contribution in [-0.4, -0.2) is 45.7 Å². The molecule has 7 heteroatoms. The molecule has 2 aromatic rings. The van der Waals surface area contributed by atoms with Crippen LogP contribution in [0.4, 0.5) is 16.6 Å². The Hall–Kier alpha value is -2.83. The smallest absolute Gasteiger partial charge is 0.410 e. The molecule has 1 aromatic heterocycles. The highest BCUT2D eigenvalue weighted by atomic mass is 16.6. The number of carbonyl (C=O) groups excluding carboxylic acids is 1. The fraction of sp³-hybridized carbons (Fsp3) is 0.450. The van der Waals surface area contributed by atoms with Crippen LogP contribution in [0.15, 0.2) is 24.3 Å². The third-order valence-corrected chi connectivity index (χ3v) is 4.51. The number of anilines is 2. The molecule has 0 radical (unpaired) electrons. The number of nitrogens with zero attached hydrogens (tertiary/aromatic N) is 3. The average Bonchev–Trinajstić information content (AvgIpc) is 2.50. The predicted molar refractivity (Wildman–Crippen MR) is 107 cm³/mol. The molecule has 1 amide bonds. The van der Waals surface area contributed by atoms with E-state index in [-0.39, 0.29) is 18.1 Å². The summed E-state index contributed by atoms with van der Waals surface area (Å²) in [7, 11) is 0. The lowest BCUT2D eigenvalue weighted by Gasteiger charge is -2.40. The van der Waals surface area contributed by atoms with Crippen LogP contribution in [0.1, 0.15) is 31.9 Å². The van der Waals surface area contributed by atoms with Gasteiger partial charge in [-0.15, -0.1) is 0 Å². The van der Waals surface area contributed by atoms with Crippen molar-refractivity contribution in [1.29, 1.82) is 0 Å². The number of carbonyl (C=O) groups is 1. The zero-order valence-electron chi connectivity index (χ0n) is 16.5. The van der Waals surface area contributed by atoms with Crippen LogP contribution in [-0.2, 0) is 4.74 Å². The highest BCUT2D eigenvalue weighted by Gasteiger charge is 2.33. The van der Waals surface area contributed by atoms with Crippen LogP contribution in [0.3, 0.4) is 0 Å². The van der Waals surface area contributed by atoms with Gasteiger partial charge >= 0.3 is 6.09 Å². The fourth-order valence-corrected chi connectivity index (χ4v) is 2.96. The van der Waals surface area contributed by atoms with Crippen LogP contribution in [0.5, 0.6) is 0 Å². The van der Waals surface area contributed by atoms with Crippen molar-refractivity contribution in [3.63, 3.8) is 0 Å². The lowest BCUT2D eigenvalue weighted by molar-refractivity contribution is 0.0104. The quantitative estimate of drug-likeness (QED) is 0.861. The average molecular weight is 369 g/mol. The molecule has 1 aromatic carbocycles. The van der Waals surface area contributed by atoms with Crippen LogP contribution in [0, 0.1) is 13.8 Å². The number of likely N-dealkylation sites (tertiary alicyclic amines) is 1. The van der Waals surface area contributed by atoms with Gasteiger partial charge < -0.3 is 20.7 Å². The van der Waals surface area contributed by atoms with Gasteiger partial charge in [-0.2, -0.15) is 4.98 Å². The molecule has 0 bridgehead atoms. The van der Waals surface area contributed by atoms with Crippen LogP contribution >= 0.6 is 0 Å². The van der Waals surface area contributed by atoms with Gasteiger partial charge in [0, 0.05) is 24.7 Å². The number of rotatable bonds is 3. The number of ether oxygens (including phenoxy) is 1. The molecule has 144 valence electrons. The highest BCUT2D eigenvalue weighted by Crippen LogP contribution is 2.27. The second kappa shape index (κ2) is 7.06. The van der Waals surface area contributed by atoms with Gasteiger partial charge in [0.25, 0.3) is 0 Å². The molecule has 0 saturated carbocycles. The molecule has 2 heterocycles. The van der Waals surface area contributed by atoms with Gasteiger partial charge in [0.15, 0.2) is 0 Å². The van der Waals surface area contributed by atoms with Gasteiger partial charge in [0.1, 0.15) is 11.4 Å². The van der Waals surface area contributed by atoms with Gasteiger partial charge in [-0.1, -0.05) is 18.2 Å². The summed E-state index contributed by atoms with van der Waals surface area (Å²) in [5.41, 5.74) is 9.62. The number of nitrogens with one attached hydrogen (secondary N) is 1. The Morgan fingerprint density at radius 1 is 1.26 bits per heavy atom. The van der Waals surface area contributed by atoms with Crippen molar-refractivity contribution < 1.29 is 9.53 Å². The van der Waals surface area contributed by atoms with E-state index in [1.54, 1.807) is 4.90 Å². The van der Waals surface area contributed by atoms with Crippen LogP contribution < -0.4 is 11.1 Å². The zero-order chi connectivity index (χ0) is 19.8. The third-order valence-electron chi connectivity index (χ3n) is 4.51. The van der Waals surface area contributed by atoms with E-state index in [2.05, 4.69) is 35.2 Å². The van der Waals surface area contributed by atoms with Crippen molar-refractivity contribution in [2.75, 3.05) is 24.1 Å². The van der Waals surface area contributed by atoms with E-state index in [1.165, 1.54) is 11.1 Å². The van der Waals surface area contributed by atoms with Crippen molar-refractivity contribution in [3.8, 4) is 11.3 Å². The van der Waals surface area contributed by atoms with E-state index in [1.807, 2.05) is 39.0 Å². The molecule has 1 saturated heterocycles. The minimum atomic E-state index is -0.489. The molecule has 27 heavy (non-hydrogen) atoms. The number of aryl methyl sites for hydroxylation is 1. The van der Waals surface area contributed by atoms with E-state index in [0.29, 0.717) is 18.9 Å². The molecule has 1 aliphatic rings. The topological polar surface area (TPSA) is 93.4 Å². The lowest BCUT2D eigenvalue weighted by Crippen LogP contribution is -2.58. The van der Waals surface area contributed by atoms with Gasteiger partial charge in [0.2, 0.25) is 5.95 Å². The number of aromatic nitrogens is 2. The largest absolute Gasteiger partial charge is 0.444 e. The molecule has 1 fully saturated rings. The maximum atomic E-state index is 12.0. The number of benzene rings is 1. The number of nitrogen functional groups attached to an aromatic ring is 1. The Morgan fingerprint density at radius 2 is 1.96 bits per heavy atom. The van der Waals surface area contributed by atoms with Gasteiger partial charge in [0.05, 0.1) is 11.7 Å². The monoisotopic (exact) mass is 369 g/mol. The summed E-state index contributed by atoms with van der Waals surface area (Å²) in [6.45, 7) is 10.9. The number of hydrogen-bond acceptors (Lipinski definition) is 6. The molecular weight excluding hydrogens is 342 g/mol. The summed E-state index contributed by atoms with van der Waals surface area (Å²) in [5.74, 6) is 0.881. The molecule has 3 N–H and O–H groups in total. The van der Waals surface area contributed by atoms with Gasteiger partial charge in [-0.25, -0.2) is 9.78 Å². The minimum Gasteiger partial charge on any atom is -0.444 e. The molecule has 0 atom stereocenters. The Kier molecular flexibility index (Phi) is 4.95. The van der Waals surface area contributed by atoms with Gasteiger partial charge in [-0.3, -0.25) is 0 Å². The zero-order valence-corrected chi connectivity index (χ0v) is 16.5. The third kappa shape index (κ3) is 4.48. The summed E-state index contributed by atoms with van der Waals surface area (Å²) >= 11 is 0. The molecule has 3 rings (SSSR count). The number of hydrogen-bond donors (Lipinski definition) is 2. The molecule has 0 aliphatic carbocycles. The Balaban J connectivity index is 1.68. The Labute approximate surface area is 159 Å². The van der Waals surface area contributed by atoms with Crippen LogP contribution in [0.25, 0.3) is 11.3 Å².